The van der Waals surface area contributed by atoms with Crippen molar-refractivity contribution in [2.45, 2.75) is 33.1 Å². The van der Waals surface area contributed by atoms with Crippen LogP contribution in [0.5, 0.6) is 5.75 Å². The number of aromatic amines is 1. The highest BCUT2D eigenvalue weighted by Crippen LogP contribution is 2.42. The molecule has 8 nitrogen and oxygen atoms in total. The topological polar surface area (TPSA) is 98.2 Å². The Labute approximate surface area is 222 Å². The van der Waals surface area contributed by atoms with Gasteiger partial charge < -0.3 is 4.74 Å². The fraction of sp³-hybridized carbons (Fsp3) is 0.310. The van der Waals surface area contributed by atoms with Crippen LogP contribution in [0.4, 0.5) is 5.69 Å². The van der Waals surface area contributed by atoms with Gasteiger partial charge in [0.15, 0.2) is 0 Å². The maximum atomic E-state index is 12.7. The molecule has 0 spiro atoms. The summed E-state index contributed by atoms with van der Waals surface area (Å²) >= 11 is 0. The number of rotatable bonds is 6. The second-order valence-electron chi connectivity index (χ2n) is 10.9. The number of fused-ring (bicyclic) bond motifs is 1. The third-order valence-electron chi connectivity index (χ3n) is 6.86. The quantitative estimate of drug-likeness (QED) is 0.364. The van der Waals surface area contributed by atoms with Gasteiger partial charge in [0.05, 0.1) is 32.6 Å². The van der Waals surface area contributed by atoms with Crippen molar-refractivity contribution < 1.29 is 13.2 Å². The largest absolute Gasteiger partial charge is 0.493 e. The predicted octanol–water partition coefficient (Wildman–Crippen LogP) is 4.57. The second kappa shape index (κ2) is 9.56. The zero-order valence-electron chi connectivity index (χ0n) is 22.8. The fourth-order valence-corrected chi connectivity index (χ4v) is 4.87. The smallest absolute Gasteiger partial charge is 0.332 e. The van der Waals surface area contributed by atoms with Gasteiger partial charge in [0, 0.05) is 35.5 Å². The minimum atomic E-state index is -3.37. The summed E-state index contributed by atoms with van der Waals surface area (Å²) in [4.78, 5) is 26.6. The van der Waals surface area contributed by atoms with Gasteiger partial charge in [-0.05, 0) is 52.9 Å². The number of quaternary nitrogens is 1. The molecule has 4 aromatic rings. The van der Waals surface area contributed by atoms with Gasteiger partial charge >= 0.3 is 5.69 Å². The summed E-state index contributed by atoms with van der Waals surface area (Å²) < 4.78 is 32.0. The SMILES string of the molecule is CCOc1c(-c2ccc3cc([N+](C)(C)S(C)(=O)=O)ccc3c2)cc(-n2ccc(=O)[nH]c2=O)cc1C(C)(C)C. The lowest BCUT2D eigenvalue weighted by Gasteiger charge is -2.27. The van der Waals surface area contributed by atoms with Crippen molar-refractivity contribution in [1.82, 2.24) is 13.4 Å². The molecule has 0 saturated carbocycles. The fourth-order valence-electron chi connectivity index (χ4n) is 4.37. The Bertz CT molecular complexity index is 1760. The lowest BCUT2D eigenvalue weighted by Crippen LogP contribution is -2.45. The first-order valence-corrected chi connectivity index (χ1v) is 14.2. The van der Waals surface area contributed by atoms with Crippen LogP contribution in [0.2, 0.25) is 0 Å². The maximum absolute atomic E-state index is 12.7. The summed E-state index contributed by atoms with van der Waals surface area (Å²) in [6, 6.07) is 16.7. The summed E-state index contributed by atoms with van der Waals surface area (Å²) in [6.45, 7) is 8.64. The highest BCUT2D eigenvalue weighted by Gasteiger charge is 2.31. The van der Waals surface area contributed by atoms with Gasteiger partial charge in [-0.25, -0.2) is 4.79 Å². The minimum Gasteiger partial charge on any atom is -0.493 e. The molecule has 200 valence electrons. The molecule has 3 aromatic carbocycles. The van der Waals surface area contributed by atoms with Crippen molar-refractivity contribution in [3.8, 4) is 22.6 Å². The number of ether oxygens (including phenoxy) is 1. The van der Waals surface area contributed by atoms with Gasteiger partial charge in [0.2, 0.25) is 0 Å². The van der Waals surface area contributed by atoms with Crippen molar-refractivity contribution in [2.24, 2.45) is 0 Å². The van der Waals surface area contributed by atoms with E-state index in [-0.39, 0.29) is 9.30 Å². The van der Waals surface area contributed by atoms with Crippen LogP contribution in [0.25, 0.3) is 27.6 Å². The number of aromatic nitrogens is 2. The monoisotopic (exact) mass is 536 g/mol. The Morgan fingerprint density at radius 2 is 1.61 bits per heavy atom. The number of hydrogen-bond donors (Lipinski definition) is 1. The van der Waals surface area contributed by atoms with Gasteiger partial charge in [-0.1, -0.05) is 32.9 Å². The number of nitrogens with one attached hydrogen (secondary N) is 1. The van der Waals surface area contributed by atoms with E-state index in [0.717, 1.165) is 33.2 Å². The number of H-pyrrole nitrogens is 1. The van der Waals surface area contributed by atoms with E-state index in [9.17, 15) is 18.0 Å². The molecule has 0 aliphatic heterocycles. The van der Waals surface area contributed by atoms with Crippen LogP contribution in [-0.4, -0.2) is 44.9 Å². The summed E-state index contributed by atoms with van der Waals surface area (Å²) in [5, 5.41) is 1.84. The van der Waals surface area contributed by atoms with Crippen LogP contribution in [0.15, 0.2) is 70.4 Å². The van der Waals surface area contributed by atoms with E-state index >= 15 is 0 Å². The molecule has 0 amide bonds. The van der Waals surface area contributed by atoms with E-state index < -0.39 is 21.3 Å². The van der Waals surface area contributed by atoms with Crippen LogP contribution in [0, 0.1) is 0 Å². The van der Waals surface area contributed by atoms with E-state index in [1.807, 2.05) is 55.5 Å². The van der Waals surface area contributed by atoms with Crippen LogP contribution in [0.1, 0.15) is 33.3 Å². The maximum Gasteiger partial charge on any atom is 0.332 e. The molecular weight excluding hydrogens is 502 g/mol. The van der Waals surface area contributed by atoms with Crippen LogP contribution < -0.4 is 19.9 Å². The summed E-state index contributed by atoms with van der Waals surface area (Å²) in [7, 11) is -0.0717. The molecule has 0 aliphatic carbocycles. The van der Waals surface area contributed by atoms with Crippen molar-refractivity contribution >= 4 is 26.5 Å². The predicted molar refractivity (Wildman–Crippen MR) is 154 cm³/mol. The van der Waals surface area contributed by atoms with Gasteiger partial charge in [-0.3, -0.25) is 14.3 Å². The lowest BCUT2D eigenvalue weighted by molar-refractivity contribution is 0.331. The average molecular weight is 537 g/mol. The van der Waals surface area contributed by atoms with Crippen molar-refractivity contribution in [3.05, 3.63) is 87.2 Å². The normalized spacial score (nSPS) is 12.6. The van der Waals surface area contributed by atoms with Gasteiger partial charge in [-0.2, -0.15) is 12.3 Å². The molecule has 1 aromatic heterocycles. The number of sulfonamides is 1. The molecule has 0 saturated heterocycles. The minimum absolute atomic E-state index is 0.260. The van der Waals surface area contributed by atoms with E-state index in [1.165, 1.54) is 23.1 Å². The van der Waals surface area contributed by atoms with Crippen LogP contribution >= 0.6 is 0 Å². The zero-order valence-corrected chi connectivity index (χ0v) is 23.6. The molecule has 1 heterocycles. The number of benzene rings is 3. The molecule has 1 N–H and O–H groups in total. The Morgan fingerprint density at radius 3 is 2.21 bits per heavy atom. The standard InChI is InChI=1S/C29H33N3O5S/c1-8-37-27-24(17-22(18-25(27)29(2,3)4)31-14-13-26(33)30-28(31)34)21-10-9-20-16-23(12-11-19(20)15-21)32(5,6)38(7,35)36/h9-18H,8H2,1-7H3/p+1. The van der Waals surface area contributed by atoms with E-state index in [4.69, 9.17) is 4.74 Å². The Morgan fingerprint density at radius 1 is 0.947 bits per heavy atom. The average Bonchev–Trinajstić information content (AvgIpc) is 2.82. The molecule has 4 rings (SSSR count). The lowest BCUT2D eigenvalue weighted by atomic mass is 9.83. The molecule has 0 fully saturated rings. The van der Waals surface area contributed by atoms with E-state index in [1.54, 1.807) is 14.1 Å². The van der Waals surface area contributed by atoms with E-state index in [2.05, 4.69) is 25.8 Å². The van der Waals surface area contributed by atoms with Gasteiger partial charge in [0.1, 0.15) is 11.4 Å². The molecule has 9 heteroatoms. The highest BCUT2D eigenvalue weighted by atomic mass is 32.2. The molecule has 38 heavy (non-hydrogen) atoms. The third kappa shape index (κ3) is 5.04. The summed E-state index contributed by atoms with van der Waals surface area (Å²) in [5.41, 5.74) is 2.61. The number of hydrogen-bond acceptors (Lipinski definition) is 5. The molecule has 0 unspecified atom stereocenters. The van der Waals surface area contributed by atoms with Crippen LogP contribution in [-0.2, 0) is 15.4 Å². The first kappa shape index (κ1) is 27.3. The van der Waals surface area contributed by atoms with Crippen molar-refractivity contribution in [1.29, 1.82) is 0 Å². The zero-order chi connectivity index (χ0) is 28.0. The van der Waals surface area contributed by atoms with Gasteiger partial charge in [-0.15, -0.1) is 0 Å². The highest BCUT2D eigenvalue weighted by molar-refractivity contribution is 7.90. The Hall–Kier alpha value is -3.69. The summed E-state index contributed by atoms with van der Waals surface area (Å²) in [6.07, 6.45) is 2.69. The second-order valence-corrected chi connectivity index (χ2v) is 13.2. The Balaban J connectivity index is 1.97. The summed E-state index contributed by atoms with van der Waals surface area (Å²) in [5.74, 6) is 0.729. The molecular formula is C29H34N3O5S+. The molecule has 0 aliphatic rings. The van der Waals surface area contributed by atoms with Crippen molar-refractivity contribution in [3.63, 3.8) is 0 Å². The molecule has 0 atom stereocenters. The van der Waals surface area contributed by atoms with Gasteiger partial charge in [0.25, 0.3) is 15.6 Å². The van der Waals surface area contributed by atoms with Crippen LogP contribution in [0.3, 0.4) is 0 Å². The molecule has 0 radical (unpaired) electrons. The first-order valence-electron chi connectivity index (χ1n) is 12.4. The Kier molecular flexibility index (Phi) is 6.88. The number of nitrogens with zero attached hydrogens (tertiary/aromatic N) is 2. The first-order chi connectivity index (χ1) is 17.6. The van der Waals surface area contributed by atoms with Crippen molar-refractivity contribution in [2.75, 3.05) is 27.0 Å². The van der Waals surface area contributed by atoms with E-state index in [0.29, 0.717) is 18.0 Å². The molecule has 0 bridgehead atoms. The third-order valence-corrected chi connectivity index (χ3v) is 8.73.